The predicted molar refractivity (Wildman–Crippen MR) is 94.2 cm³/mol. The Hall–Kier alpha value is -2.39. The van der Waals surface area contributed by atoms with E-state index in [-0.39, 0.29) is 0 Å². The molecule has 0 aliphatic rings. The van der Waals surface area contributed by atoms with Crippen LogP contribution in [0.5, 0.6) is 0 Å². The second-order valence-electron chi connectivity index (χ2n) is 5.44. The van der Waals surface area contributed by atoms with Gasteiger partial charge in [-0.2, -0.15) is 0 Å². The Morgan fingerprint density at radius 2 is 1.68 bits per heavy atom. The summed E-state index contributed by atoms with van der Waals surface area (Å²) in [5.41, 5.74) is 5.99. The molecule has 2 aromatic carbocycles. The Labute approximate surface area is 133 Å². The molecule has 2 heterocycles. The van der Waals surface area contributed by atoms with Crippen molar-refractivity contribution in [3.8, 4) is 21.8 Å². The van der Waals surface area contributed by atoms with Crippen molar-refractivity contribution in [1.29, 1.82) is 0 Å². The van der Waals surface area contributed by atoms with E-state index < -0.39 is 0 Å². The van der Waals surface area contributed by atoms with E-state index in [1.54, 1.807) is 11.3 Å². The molecular formula is C19H16N2S. The number of para-hydroxylation sites is 1. The fraction of sp³-hybridized carbons (Fsp3) is 0.105. The molecule has 4 aromatic rings. The number of hydrogen-bond acceptors (Lipinski definition) is 2. The van der Waals surface area contributed by atoms with E-state index in [0.717, 1.165) is 10.7 Å². The molecule has 4 rings (SSSR count). The maximum atomic E-state index is 4.88. The number of thiazole rings is 1. The van der Waals surface area contributed by atoms with Crippen LogP contribution in [0.2, 0.25) is 0 Å². The van der Waals surface area contributed by atoms with Gasteiger partial charge in [-0.25, -0.2) is 4.98 Å². The molecule has 0 bridgehead atoms. The molecule has 0 saturated carbocycles. The number of nitrogens with zero attached hydrogens (tertiary/aromatic N) is 2. The molecule has 0 unspecified atom stereocenters. The molecule has 2 aromatic heterocycles. The highest BCUT2D eigenvalue weighted by Gasteiger charge is 2.16. The smallest absolute Gasteiger partial charge is 0.126 e. The van der Waals surface area contributed by atoms with Crippen molar-refractivity contribution in [3.05, 3.63) is 65.7 Å². The van der Waals surface area contributed by atoms with Crippen molar-refractivity contribution in [2.24, 2.45) is 7.05 Å². The summed E-state index contributed by atoms with van der Waals surface area (Å²) < 4.78 is 2.24. The SMILES string of the molecule is Cc1c(-c2nc(-c3ccccc3)cs2)c2ccccc2n1C. The van der Waals surface area contributed by atoms with Gasteiger partial charge in [0.25, 0.3) is 0 Å². The molecule has 0 aliphatic carbocycles. The Morgan fingerprint density at radius 1 is 0.955 bits per heavy atom. The highest BCUT2D eigenvalue weighted by Crippen LogP contribution is 2.37. The normalized spacial score (nSPS) is 11.2. The molecule has 0 saturated heterocycles. The zero-order valence-corrected chi connectivity index (χ0v) is 13.4. The fourth-order valence-corrected chi connectivity index (χ4v) is 3.86. The van der Waals surface area contributed by atoms with Gasteiger partial charge in [0.1, 0.15) is 5.01 Å². The van der Waals surface area contributed by atoms with Gasteiger partial charge < -0.3 is 4.57 Å². The molecular weight excluding hydrogens is 288 g/mol. The van der Waals surface area contributed by atoms with Crippen LogP contribution in [-0.2, 0) is 7.05 Å². The lowest BCUT2D eigenvalue weighted by Crippen LogP contribution is -1.90. The number of hydrogen-bond donors (Lipinski definition) is 0. The summed E-state index contributed by atoms with van der Waals surface area (Å²) in [5, 5.41) is 4.51. The molecule has 0 spiro atoms. The van der Waals surface area contributed by atoms with Crippen LogP contribution < -0.4 is 0 Å². The molecule has 0 aliphatic heterocycles. The third-order valence-corrected chi connectivity index (χ3v) is 5.05. The van der Waals surface area contributed by atoms with Crippen LogP contribution in [0.15, 0.2) is 60.0 Å². The van der Waals surface area contributed by atoms with Gasteiger partial charge in [-0.15, -0.1) is 11.3 Å². The van der Waals surface area contributed by atoms with Crippen LogP contribution in [0.4, 0.5) is 0 Å². The highest BCUT2D eigenvalue weighted by atomic mass is 32.1. The molecule has 0 radical (unpaired) electrons. The Bertz CT molecular complexity index is 948. The first-order valence-electron chi connectivity index (χ1n) is 7.31. The predicted octanol–water partition coefficient (Wildman–Crippen LogP) is 5.28. The van der Waals surface area contributed by atoms with E-state index in [4.69, 9.17) is 4.98 Å². The number of benzene rings is 2. The third kappa shape index (κ3) is 1.97. The van der Waals surface area contributed by atoms with Crippen LogP contribution in [0, 0.1) is 6.92 Å². The van der Waals surface area contributed by atoms with Crippen LogP contribution in [0.25, 0.3) is 32.7 Å². The van der Waals surface area contributed by atoms with E-state index in [2.05, 4.69) is 72.4 Å². The van der Waals surface area contributed by atoms with Crippen LogP contribution in [0.3, 0.4) is 0 Å². The zero-order chi connectivity index (χ0) is 15.1. The second-order valence-corrected chi connectivity index (χ2v) is 6.30. The number of aryl methyl sites for hydroxylation is 1. The summed E-state index contributed by atoms with van der Waals surface area (Å²) in [7, 11) is 2.12. The minimum absolute atomic E-state index is 1.05. The molecule has 108 valence electrons. The van der Waals surface area contributed by atoms with E-state index in [1.165, 1.54) is 27.7 Å². The summed E-state index contributed by atoms with van der Waals surface area (Å²) in [4.78, 5) is 4.88. The van der Waals surface area contributed by atoms with Gasteiger partial charge in [-0.3, -0.25) is 0 Å². The summed E-state index contributed by atoms with van der Waals surface area (Å²) in [6, 6.07) is 18.9. The standard InChI is InChI=1S/C19H16N2S/c1-13-18(15-10-6-7-11-17(15)21(13)2)19-20-16(12-22-19)14-8-4-3-5-9-14/h3-12H,1-2H3. The van der Waals surface area contributed by atoms with Gasteiger partial charge in [-0.05, 0) is 13.0 Å². The van der Waals surface area contributed by atoms with E-state index in [9.17, 15) is 0 Å². The average Bonchev–Trinajstić information content (AvgIpc) is 3.13. The van der Waals surface area contributed by atoms with Gasteiger partial charge in [0, 0.05) is 40.2 Å². The lowest BCUT2D eigenvalue weighted by molar-refractivity contribution is 0.919. The molecule has 2 nitrogen and oxygen atoms in total. The van der Waals surface area contributed by atoms with Crippen LogP contribution in [0.1, 0.15) is 5.69 Å². The Kier molecular flexibility index (Phi) is 3.09. The van der Waals surface area contributed by atoms with Gasteiger partial charge in [0.15, 0.2) is 0 Å². The maximum Gasteiger partial charge on any atom is 0.126 e. The third-order valence-electron chi connectivity index (χ3n) is 4.19. The van der Waals surface area contributed by atoms with Crippen LogP contribution in [-0.4, -0.2) is 9.55 Å². The molecule has 22 heavy (non-hydrogen) atoms. The van der Waals surface area contributed by atoms with Crippen molar-refractivity contribution in [2.75, 3.05) is 0 Å². The highest BCUT2D eigenvalue weighted by molar-refractivity contribution is 7.13. The number of rotatable bonds is 2. The summed E-state index contributed by atoms with van der Waals surface area (Å²) in [5.74, 6) is 0. The second kappa shape index (κ2) is 5.11. The van der Waals surface area contributed by atoms with Crippen molar-refractivity contribution in [3.63, 3.8) is 0 Å². The van der Waals surface area contributed by atoms with E-state index in [1.807, 2.05) is 6.07 Å². The number of aromatic nitrogens is 2. The average molecular weight is 304 g/mol. The first kappa shape index (κ1) is 13.3. The van der Waals surface area contributed by atoms with Crippen molar-refractivity contribution in [2.45, 2.75) is 6.92 Å². The summed E-state index contributed by atoms with van der Waals surface area (Å²) in [6.45, 7) is 2.17. The Morgan fingerprint density at radius 3 is 2.50 bits per heavy atom. The Balaban J connectivity index is 1.90. The summed E-state index contributed by atoms with van der Waals surface area (Å²) in [6.07, 6.45) is 0. The largest absolute Gasteiger partial charge is 0.347 e. The first-order valence-corrected chi connectivity index (χ1v) is 8.19. The minimum Gasteiger partial charge on any atom is -0.347 e. The molecule has 0 amide bonds. The molecule has 0 fully saturated rings. The summed E-state index contributed by atoms with van der Waals surface area (Å²) >= 11 is 1.72. The molecule has 0 N–H and O–H groups in total. The monoisotopic (exact) mass is 304 g/mol. The van der Waals surface area contributed by atoms with E-state index >= 15 is 0 Å². The molecule has 0 atom stereocenters. The van der Waals surface area contributed by atoms with Gasteiger partial charge in [-0.1, -0.05) is 48.5 Å². The number of fused-ring (bicyclic) bond motifs is 1. The fourth-order valence-electron chi connectivity index (χ4n) is 2.92. The topological polar surface area (TPSA) is 17.8 Å². The van der Waals surface area contributed by atoms with Crippen molar-refractivity contribution in [1.82, 2.24) is 9.55 Å². The van der Waals surface area contributed by atoms with Gasteiger partial charge in [0.05, 0.1) is 5.69 Å². The van der Waals surface area contributed by atoms with Gasteiger partial charge >= 0.3 is 0 Å². The van der Waals surface area contributed by atoms with Crippen molar-refractivity contribution < 1.29 is 0 Å². The van der Waals surface area contributed by atoms with Gasteiger partial charge in [0.2, 0.25) is 0 Å². The van der Waals surface area contributed by atoms with Crippen molar-refractivity contribution >= 4 is 22.2 Å². The van der Waals surface area contributed by atoms with Crippen LogP contribution >= 0.6 is 11.3 Å². The quantitative estimate of drug-likeness (QED) is 0.493. The first-order chi connectivity index (χ1) is 10.8. The van der Waals surface area contributed by atoms with E-state index in [0.29, 0.717) is 0 Å². The maximum absolute atomic E-state index is 4.88. The lowest BCUT2D eigenvalue weighted by Gasteiger charge is -1.99. The zero-order valence-electron chi connectivity index (χ0n) is 12.6. The lowest BCUT2D eigenvalue weighted by atomic mass is 10.1. The molecule has 3 heteroatoms. The minimum atomic E-state index is 1.05.